The number of hydrogen-bond acceptors (Lipinski definition) is 3. The normalized spacial score (nSPS) is 10.2. The van der Waals surface area contributed by atoms with E-state index < -0.39 is 0 Å². The van der Waals surface area contributed by atoms with Crippen molar-refractivity contribution in [2.45, 2.75) is 6.42 Å². The van der Waals surface area contributed by atoms with Gasteiger partial charge in [0.15, 0.2) is 0 Å². The maximum absolute atomic E-state index is 11.2. The molecule has 0 N–H and O–H groups in total. The third-order valence-corrected chi connectivity index (χ3v) is 2.60. The highest BCUT2D eigenvalue weighted by Gasteiger charge is 2.07. The highest BCUT2D eigenvalue weighted by molar-refractivity contribution is 5.88. The second-order valence-electron chi connectivity index (χ2n) is 3.83. The average Bonchev–Trinajstić information content (AvgIpc) is 2.37. The summed E-state index contributed by atoms with van der Waals surface area (Å²) in [6.07, 6.45) is 4.07. The van der Waals surface area contributed by atoms with Crippen molar-refractivity contribution < 1.29 is 9.53 Å². The minimum absolute atomic E-state index is 0.361. The number of benzene rings is 1. The van der Waals surface area contributed by atoms with Gasteiger partial charge in [-0.25, -0.2) is 4.79 Å². The number of nitrogens with zero attached hydrogens (tertiary/aromatic N) is 1. The van der Waals surface area contributed by atoms with E-state index in [9.17, 15) is 4.79 Å². The van der Waals surface area contributed by atoms with E-state index in [1.54, 1.807) is 6.20 Å². The van der Waals surface area contributed by atoms with Crippen LogP contribution in [0.25, 0.3) is 10.8 Å². The molecule has 17 heavy (non-hydrogen) atoms. The molecule has 3 nitrogen and oxygen atoms in total. The van der Waals surface area contributed by atoms with Crippen LogP contribution in [-0.2, 0) is 16.0 Å². The van der Waals surface area contributed by atoms with Gasteiger partial charge in [-0.2, -0.15) is 0 Å². The fraction of sp³-hybridized carbons (Fsp3) is 0.143. The van der Waals surface area contributed by atoms with Gasteiger partial charge in [-0.3, -0.25) is 4.98 Å². The molecule has 0 unspecified atom stereocenters. The molecule has 3 heteroatoms. The summed E-state index contributed by atoms with van der Waals surface area (Å²) < 4.78 is 4.62. The molecule has 0 saturated carbocycles. The van der Waals surface area contributed by atoms with Gasteiger partial charge < -0.3 is 4.74 Å². The van der Waals surface area contributed by atoms with Gasteiger partial charge in [-0.1, -0.05) is 24.8 Å². The summed E-state index contributed by atoms with van der Waals surface area (Å²) >= 11 is 0. The molecular formula is C14H13NO2. The number of rotatable bonds is 3. The molecule has 0 aliphatic heterocycles. The van der Waals surface area contributed by atoms with Gasteiger partial charge in [-0.05, 0) is 17.0 Å². The van der Waals surface area contributed by atoms with Gasteiger partial charge in [-0.15, -0.1) is 0 Å². The van der Waals surface area contributed by atoms with Gasteiger partial charge >= 0.3 is 5.97 Å². The molecule has 1 aromatic carbocycles. The zero-order valence-corrected chi connectivity index (χ0v) is 9.64. The second kappa shape index (κ2) is 4.78. The second-order valence-corrected chi connectivity index (χ2v) is 3.83. The first-order valence-corrected chi connectivity index (χ1v) is 5.29. The number of hydrogen-bond donors (Lipinski definition) is 0. The van der Waals surface area contributed by atoms with Crippen molar-refractivity contribution in [2.75, 3.05) is 7.11 Å². The minimum Gasteiger partial charge on any atom is -0.466 e. The van der Waals surface area contributed by atoms with Crippen LogP contribution in [0.3, 0.4) is 0 Å². The molecule has 2 rings (SSSR count). The van der Waals surface area contributed by atoms with Crippen LogP contribution >= 0.6 is 0 Å². The number of aromatic nitrogens is 1. The maximum Gasteiger partial charge on any atom is 0.333 e. The molecule has 0 amide bonds. The van der Waals surface area contributed by atoms with Gasteiger partial charge in [0.25, 0.3) is 0 Å². The van der Waals surface area contributed by atoms with Crippen LogP contribution in [0.5, 0.6) is 0 Å². The summed E-state index contributed by atoms with van der Waals surface area (Å²) in [5, 5.41) is 2.19. The van der Waals surface area contributed by atoms with Crippen LogP contribution in [0.4, 0.5) is 0 Å². The van der Waals surface area contributed by atoms with Crippen molar-refractivity contribution in [3.8, 4) is 0 Å². The van der Waals surface area contributed by atoms with Gasteiger partial charge in [0.1, 0.15) is 0 Å². The number of ether oxygens (including phenoxy) is 1. The highest BCUT2D eigenvalue weighted by atomic mass is 16.5. The van der Waals surface area contributed by atoms with Crippen LogP contribution in [0.1, 0.15) is 5.56 Å². The third kappa shape index (κ3) is 2.50. The fourth-order valence-corrected chi connectivity index (χ4v) is 1.71. The summed E-state index contributed by atoms with van der Waals surface area (Å²) in [6, 6.07) is 7.94. The summed E-state index contributed by atoms with van der Waals surface area (Å²) in [5.74, 6) is -0.361. The van der Waals surface area contributed by atoms with Crippen molar-refractivity contribution >= 4 is 16.7 Å². The predicted molar refractivity (Wildman–Crippen MR) is 66.6 cm³/mol. The topological polar surface area (TPSA) is 39.2 Å². The largest absolute Gasteiger partial charge is 0.466 e. The molecule has 1 aromatic heterocycles. The number of fused-ring (bicyclic) bond motifs is 1. The summed E-state index contributed by atoms with van der Waals surface area (Å²) in [4.78, 5) is 15.3. The van der Waals surface area contributed by atoms with Crippen molar-refractivity contribution in [3.63, 3.8) is 0 Å². The molecule has 0 aliphatic carbocycles. The van der Waals surface area contributed by atoms with Crippen LogP contribution < -0.4 is 0 Å². The Labute approximate surface area is 99.7 Å². The minimum atomic E-state index is -0.361. The van der Waals surface area contributed by atoms with Crippen LogP contribution in [0.15, 0.2) is 48.8 Å². The van der Waals surface area contributed by atoms with E-state index in [1.165, 1.54) is 7.11 Å². The monoisotopic (exact) mass is 227 g/mol. The van der Waals surface area contributed by atoms with E-state index in [0.717, 1.165) is 16.3 Å². The highest BCUT2D eigenvalue weighted by Crippen LogP contribution is 2.16. The summed E-state index contributed by atoms with van der Waals surface area (Å²) in [5.41, 5.74) is 1.50. The number of esters is 1. The lowest BCUT2D eigenvalue weighted by Crippen LogP contribution is -2.05. The lowest BCUT2D eigenvalue weighted by molar-refractivity contribution is -0.136. The van der Waals surface area contributed by atoms with Crippen molar-refractivity contribution in [3.05, 3.63) is 54.4 Å². The van der Waals surface area contributed by atoms with Crippen molar-refractivity contribution in [1.29, 1.82) is 0 Å². The lowest BCUT2D eigenvalue weighted by Gasteiger charge is -2.05. The molecule has 0 atom stereocenters. The standard InChI is InChI=1S/C14H13NO2/c1-10(14(16)17-2)7-11-3-4-13-9-15-6-5-12(13)8-11/h3-6,8-9H,1,7H2,2H3. The van der Waals surface area contributed by atoms with E-state index in [-0.39, 0.29) is 5.97 Å². The molecule has 0 bridgehead atoms. The molecule has 0 fully saturated rings. The zero-order chi connectivity index (χ0) is 12.3. The molecule has 0 spiro atoms. The zero-order valence-electron chi connectivity index (χ0n) is 9.64. The van der Waals surface area contributed by atoms with Gasteiger partial charge in [0, 0.05) is 29.8 Å². The first-order chi connectivity index (χ1) is 8.20. The molecular weight excluding hydrogens is 214 g/mol. The Morgan fingerprint density at radius 2 is 2.18 bits per heavy atom. The SMILES string of the molecule is C=C(Cc1ccc2cnccc2c1)C(=O)OC. The molecule has 0 saturated heterocycles. The average molecular weight is 227 g/mol. The van der Waals surface area contributed by atoms with E-state index in [1.807, 2.05) is 30.5 Å². The Morgan fingerprint density at radius 1 is 1.35 bits per heavy atom. The van der Waals surface area contributed by atoms with Crippen LogP contribution in [0, 0.1) is 0 Å². The first-order valence-electron chi connectivity index (χ1n) is 5.29. The summed E-state index contributed by atoms with van der Waals surface area (Å²) in [7, 11) is 1.36. The smallest absolute Gasteiger partial charge is 0.333 e. The van der Waals surface area contributed by atoms with E-state index in [0.29, 0.717) is 12.0 Å². The number of methoxy groups -OCH3 is 1. The third-order valence-electron chi connectivity index (χ3n) is 2.60. The van der Waals surface area contributed by atoms with E-state index >= 15 is 0 Å². The predicted octanol–water partition coefficient (Wildman–Crippen LogP) is 2.51. The van der Waals surface area contributed by atoms with Gasteiger partial charge in [0.2, 0.25) is 0 Å². The Balaban J connectivity index is 2.25. The fourth-order valence-electron chi connectivity index (χ4n) is 1.71. The molecule has 0 aliphatic rings. The first kappa shape index (κ1) is 11.3. The Kier molecular flexibility index (Phi) is 3.19. The Hall–Kier alpha value is -2.16. The Bertz CT molecular complexity index is 575. The van der Waals surface area contributed by atoms with E-state index in [2.05, 4.69) is 16.3 Å². The van der Waals surface area contributed by atoms with Crippen LogP contribution in [-0.4, -0.2) is 18.1 Å². The number of pyridine rings is 1. The lowest BCUT2D eigenvalue weighted by atomic mass is 10.0. The Morgan fingerprint density at radius 3 is 2.94 bits per heavy atom. The number of carbonyl (C=O) groups excluding carboxylic acids is 1. The molecule has 86 valence electrons. The van der Waals surface area contributed by atoms with Crippen LogP contribution in [0.2, 0.25) is 0 Å². The van der Waals surface area contributed by atoms with Gasteiger partial charge in [0.05, 0.1) is 7.11 Å². The quantitative estimate of drug-likeness (QED) is 0.597. The van der Waals surface area contributed by atoms with Crippen molar-refractivity contribution in [2.24, 2.45) is 0 Å². The summed E-state index contributed by atoms with van der Waals surface area (Å²) in [6.45, 7) is 3.71. The molecule has 1 heterocycles. The van der Waals surface area contributed by atoms with E-state index in [4.69, 9.17) is 0 Å². The number of carbonyl (C=O) groups is 1. The molecule has 2 aromatic rings. The maximum atomic E-state index is 11.2. The van der Waals surface area contributed by atoms with Crippen molar-refractivity contribution in [1.82, 2.24) is 4.98 Å². The molecule has 0 radical (unpaired) electrons.